The molecule has 1 rings (SSSR count). The van der Waals surface area contributed by atoms with Crippen LogP contribution in [0.15, 0.2) is 22.7 Å². The maximum atomic E-state index is 8.79. The minimum atomic E-state index is 0.300. The molecule has 0 heterocycles. The van der Waals surface area contributed by atoms with Gasteiger partial charge in [-0.25, -0.2) is 0 Å². The molecular weight excluding hydrogens is 280 g/mol. The average molecular weight is 297 g/mol. The predicted molar refractivity (Wildman–Crippen MR) is 73.1 cm³/mol. The first-order valence-corrected chi connectivity index (χ1v) is 6.45. The SMILES string of the molecule is CCCC(COC)Nc1ccc(C#N)cc1Br. The Balaban J connectivity index is 2.75. The highest BCUT2D eigenvalue weighted by atomic mass is 79.9. The summed E-state index contributed by atoms with van der Waals surface area (Å²) >= 11 is 3.46. The fraction of sp³-hybridized carbons (Fsp3) is 0.462. The number of anilines is 1. The van der Waals surface area contributed by atoms with Crippen LogP contribution in [0.25, 0.3) is 0 Å². The standard InChI is InChI=1S/C13H17BrN2O/c1-3-4-11(9-17-2)16-13-6-5-10(8-15)7-12(13)14/h5-7,11,16H,3-4,9H2,1-2H3. The molecule has 0 saturated heterocycles. The second kappa shape index (κ2) is 7.31. The summed E-state index contributed by atoms with van der Waals surface area (Å²) in [4.78, 5) is 0. The van der Waals surface area contributed by atoms with Crippen molar-refractivity contribution in [3.8, 4) is 6.07 Å². The van der Waals surface area contributed by atoms with Crippen molar-refractivity contribution < 1.29 is 4.74 Å². The van der Waals surface area contributed by atoms with Gasteiger partial charge in [-0.15, -0.1) is 0 Å². The summed E-state index contributed by atoms with van der Waals surface area (Å²) in [5.74, 6) is 0. The number of ether oxygens (including phenoxy) is 1. The zero-order valence-electron chi connectivity index (χ0n) is 10.2. The smallest absolute Gasteiger partial charge is 0.0992 e. The molecular formula is C13H17BrN2O. The maximum absolute atomic E-state index is 8.79. The van der Waals surface area contributed by atoms with Crippen molar-refractivity contribution in [2.75, 3.05) is 19.0 Å². The van der Waals surface area contributed by atoms with Gasteiger partial charge in [-0.3, -0.25) is 0 Å². The van der Waals surface area contributed by atoms with Crippen molar-refractivity contribution in [1.29, 1.82) is 5.26 Å². The van der Waals surface area contributed by atoms with E-state index in [9.17, 15) is 0 Å². The number of hydrogen-bond acceptors (Lipinski definition) is 3. The molecule has 0 aliphatic rings. The van der Waals surface area contributed by atoms with Crippen LogP contribution in [-0.2, 0) is 4.74 Å². The monoisotopic (exact) mass is 296 g/mol. The van der Waals surface area contributed by atoms with E-state index in [0.29, 0.717) is 18.2 Å². The van der Waals surface area contributed by atoms with Crippen LogP contribution < -0.4 is 5.32 Å². The number of benzene rings is 1. The third-order valence-electron chi connectivity index (χ3n) is 2.46. The van der Waals surface area contributed by atoms with Crippen molar-refractivity contribution in [3.05, 3.63) is 28.2 Å². The molecule has 1 aromatic rings. The number of methoxy groups -OCH3 is 1. The van der Waals surface area contributed by atoms with Crippen molar-refractivity contribution in [1.82, 2.24) is 0 Å². The van der Waals surface area contributed by atoms with Gasteiger partial charge >= 0.3 is 0 Å². The summed E-state index contributed by atoms with van der Waals surface area (Å²) in [5, 5.41) is 12.2. The van der Waals surface area contributed by atoms with Gasteiger partial charge in [-0.05, 0) is 40.5 Å². The lowest BCUT2D eigenvalue weighted by molar-refractivity contribution is 0.182. The third kappa shape index (κ3) is 4.37. The maximum Gasteiger partial charge on any atom is 0.0992 e. The van der Waals surface area contributed by atoms with Crippen LogP contribution in [0.5, 0.6) is 0 Å². The van der Waals surface area contributed by atoms with Crippen LogP contribution in [-0.4, -0.2) is 19.8 Å². The molecule has 17 heavy (non-hydrogen) atoms. The zero-order chi connectivity index (χ0) is 12.7. The summed E-state index contributed by atoms with van der Waals surface area (Å²) in [5.41, 5.74) is 1.65. The van der Waals surface area contributed by atoms with E-state index in [1.54, 1.807) is 7.11 Å². The van der Waals surface area contributed by atoms with E-state index >= 15 is 0 Å². The Bertz CT molecular complexity index is 395. The van der Waals surface area contributed by atoms with Gasteiger partial charge in [0.1, 0.15) is 0 Å². The van der Waals surface area contributed by atoms with Gasteiger partial charge in [0.2, 0.25) is 0 Å². The Morgan fingerprint density at radius 1 is 1.53 bits per heavy atom. The Morgan fingerprint density at radius 2 is 2.29 bits per heavy atom. The van der Waals surface area contributed by atoms with Gasteiger partial charge < -0.3 is 10.1 Å². The van der Waals surface area contributed by atoms with Crippen LogP contribution in [0.3, 0.4) is 0 Å². The Labute approximate surface area is 111 Å². The topological polar surface area (TPSA) is 45.0 Å². The summed E-state index contributed by atoms with van der Waals surface area (Å²) in [6, 6.07) is 7.96. The molecule has 92 valence electrons. The summed E-state index contributed by atoms with van der Waals surface area (Å²) < 4.78 is 6.09. The molecule has 0 bridgehead atoms. The molecule has 0 saturated carbocycles. The molecule has 0 aliphatic carbocycles. The number of nitrogens with zero attached hydrogens (tertiary/aromatic N) is 1. The van der Waals surface area contributed by atoms with E-state index in [-0.39, 0.29) is 0 Å². The van der Waals surface area contributed by atoms with Gasteiger partial charge in [0, 0.05) is 23.3 Å². The molecule has 0 aromatic heterocycles. The highest BCUT2D eigenvalue weighted by Crippen LogP contribution is 2.24. The molecule has 1 N–H and O–H groups in total. The van der Waals surface area contributed by atoms with Crippen LogP contribution in [0.2, 0.25) is 0 Å². The minimum Gasteiger partial charge on any atom is -0.383 e. The van der Waals surface area contributed by atoms with Gasteiger partial charge in [-0.1, -0.05) is 13.3 Å². The lowest BCUT2D eigenvalue weighted by Crippen LogP contribution is -2.24. The average Bonchev–Trinajstić information content (AvgIpc) is 2.32. The van der Waals surface area contributed by atoms with Crippen molar-refractivity contribution in [2.24, 2.45) is 0 Å². The molecule has 0 fully saturated rings. The summed E-state index contributed by atoms with van der Waals surface area (Å²) in [6.07, 6.45) is 2.16. The normalized spacial score (nSPS) is 11.9. The second-order valence-corrected chi connectivity index (χ2v) is 4.75. The highest BCUT2D eigenvalue weighted by Gasteiger charge is 2.09. The largest absolute Gasteiger partial charge is 0.383 e. The first kappa shape index (κ1) is 14.0. The van der Waals surface area contributed by atoms with Crippen LogP contribution >= 0.6 is 15.9 Å². The van der Waals surface area contributed by atoms with Crippen molar-refractivity contribution >= 4 is 21.6 Å². The van der Waals surface area contributed by atoms with Crippen molar-refractivity contribution in [3.63, 3.8) is 0 Å². The van der Waals surface area contributed by atoms with E-state index < -0.39 is 0 Å². The van der Waals surface area contributed by atoms with E-state index in [0.717, 1.165) is 23.0 Å². The Hall–Kier alpha value is -1.05. The molecule has 0 aliphatic heterocycles. The van der Waals surface area contributed by atoms with Gasteiger partial charge in [0.05, 0.1) is 18.2 Å². The Kier molecular flexibility index (Phi) is 6.03. The molecule has 1 unspecified atom stereocenters. The highest BCUT2D eigenvalue weighted by molar-refractivity contribution is 9.10. The van der Waals surface area contributed by atoms with Gasteiger partial charge in [-0.2, -0.15) is 5.26 Å². The van der Waals surface area contributed by atoms with Crippen LogP contribution in [0, 0.1) is 11.3 Å². The van der Waals surface area contributed by atoms with Crippen molar-refractivity contribution in [2.45, 2.75) is 25.8 Å². The predicted octanol–water partition coefficient (Wildman–Crippen LogP) is 3.55. The fourth-order valence-corrected chi connectivity index (χ4v) is 2.16. The summed E-state index contributed by atoms with van der Waals surface area (Å²) in [7, 11) is 1.71. The summed E-state index contributed by atoms with van der Waals surface area (Å²) in [6.45, 7) is 2.83. The Morgan fingerprint density at radius 3 is 2.82 bits per heavy atom. The molecule has 1 atom stereocenters. The molecule has 0 radical (unpaired) electrons. The number of hydrogen-bond donors (Lipinski definition) is 1. The number of nitriles is 1. The number of rotatable bonds is 6. The molecule has 1 aromatic carbocycles. The third-order valence-corrected chi connectivity index (χ3v) is 3.12. The molecule has 4 heteroatoms. The lowest BCUT2D eigenvalue weighted by Gasteiger charge is -2.19. The number of halogens is 1. The second-order valence-electron chi connectivity index (χ2n) is 3.89. The first-order chi connectivity index (χ1) is 8.21. The van der Waals surface area contributed by atoms with E-state index in [2.05, 4.69) is 34.2 Å². The van der Waals surface area contributed by atoms with Gasteiger partial charge in [0.25, 0.3) is 0 Å². The van der Waals surface area contributed by atoms with Gasteiger partial charge in [0.15, 0.2) is 0 Å². The fourth-order valence-electron chi connectivity index (χ4n) is 1.67. The molecule has 0 spiro atoms. The molecule has 0 amide bonds. The van der Waals surface area contributed by atoms with E-state index in [1.807, 2.05) is 18.2 Å². The zero-order valence-corrected chi connectivity index (χ0v) is 11.8. The van der Waals surface area contributed by atoms with E-state index in [4.69, 9.17) is 10.00 Å². The lowest BCUT2D eigenvalue weighted by atomic mass is 10.1. The van der Waals surface area contributed by atoms with Crippen LogP contribution in [0.4, 0.5) is 5.69 Å². The number of nitrogens with one attached hydrogen (secondary N) is 1. The molecule has 3 nitrogen and oxygen atoms in total. The quantitative estimate of drug-likeness (QED) is 0.873. The van der Waals surface area contributed by atoms with Crippen LogP contribution in [0.1, 0.15) is 25.3 Å². The minimum absolute atomic E-state index is 0.300. The van der Waals surface area contributed by atoms with E-state index in [1.165, 1.54) is 0 Å². The first-order valence-electron chi connectivity index (χ1n) is 5.66.